The first-order valence-electron chi connectivity index (χ1n) is 4.54. The van der Waals surface area contributed by atoms with Crippen molar-refractivity contribution in [3.63, 3.8) is 0 Å². The predicted octanol–water partition coefficient (Wildman–Crippen LogP) is 2.09. The maximum Gasteiger partial charge on any atom is 0.0950 e. The Bertz CT molecular complexity index is 221. The summed E-state index contributed by atoms with van der Waals surface area (Å²) in [6.07, 6.45) is 5.52. The molecule has 2 atom stereocenters. The molecule has 1 aromatic heterocycles. The summed E-state index contributed by atoms with van der Waals surface area (Å²) < 4.78 is 10.1. The lowest BCUT2D eigenvalue weighted by molar-refractivity contribution is 0.107. The third kappa shape index (κ3) is 3.20. The summed E-state index contributed by atoms with van der Waals surface area (Å²) in [5.41, 5.74) is 6.99. The molecule has 0 aliphatic carbocycles. The van der Waals surface area contributed by atoms with Gasteiger partial charge in [-0.1, -0.05) is 0 Å². The summed E-state index contributed by atoms with van der Waals surface area (Å²) in [6, 6.07) is 1.97. The number of ether oxygens (including phenoxy) is 1. The monoisotopic (exact) mass is 183 g/mol. The van der Waals surface area contributed by atoms with E-state index in [1.165, 1.54) is 0 Å². The number of methoxy groups -OCH3 is 1. The van der Waals surface area contributed by atoms with Crippen LogP contribution in [0.5, 0.6) is 0 Å². The molecule has 1 heterocycles. The number of furan rings is 1. The van der Waals surface area contributed by atoms with Crippen LogP contribution in [0.15, 0.2) is 23.0 Å². The number of hydrogen-bond acceptors (Lipinski definition) is 3. The molecule has 0 aromatic carbocycles. The van der Waals surface area contributed by atoms with Gasteiger partial charge in [0.15, 0.2) is 0 Å². The second kappa shape index (κ2) is 5.04. The van der Waals surface area contributed by atoms with E-state index in [1.54, 1.807) is 19.6 Å². The minimum absolute atomic E-state index is 0.0661. The maximum atomic E-state index is 5.93. The van der Waals surface area contributed by atoms with E-state index in [1.807, 2.05) is 13.0 Å². The van der Waals surface area contributed by atoms with Crippen molar-refractivity contribution in [1.82, 2.24) is 0 Å². The molecule has 0 amide bonds. The summed E-state index contributed by atoms with van der Waals surface area (Å²) >= 11 is 0. The normalized spacial score (nSPS) is 15.6. The molecule has 0 aliphatic rings. The fraction of sp³-hybridized carbons (Fsp3) is 0.600. The van der Waals surface area contributed by atoms with Gasteiger partial charge >= 0.3 is 0 Å². The van der Waals surface area contributed by atoms with Crippen LogP contribution >= 0.6 is 0 Å². The molecule has 0 saturated heterocycles. The van der Waals surface area contributed by atoms with Crippen molar-refractivity contribution >= 4 is 0 Å². The van der Waals surface area contributed by atoms with Crippen molar-refractivity contribution in [1.29, 1.82) is 0 Å². The first kappa shape index (κ1) is 10.3. The molecule has 13 heavy (non-hydrogen) atoms. The largest absolute Gasteiger partial charge is 0.472 e. The highest BCUT2D eigenvalue weighted by molar-refractivity contribution is 5.10. The number of hydrogen-bond donors (Lipinski definition) is 1. The summed E-state index contributed by atoms with van der Waals surface area (Å²) in [6.45, 7) is 2.04. The fourth-order valence-corrected chi connectivity index (χ4v) is 1.18. The zero-order valence-electron chi connectivity index (χ0n) is 8.19. The van der Waals surface area contributed by atoms with Crippen LogP contribution in [0.4, 0.5) is 0 Å². The highest BCUT2D eigenvalue weighted by Gasteiger charge is 2.08. The number of nitrogens with two attached hydrogens (primary N) is 1. The van der Waals surface area contributed by atoms with E-state index in [0.717, 1.165) is 18.4 Å². The lowest BCUT2D eigenvalue weighted by Gasteiger charge is -2.12. The van der Waals surface area contributed by atoms with Crippen LogP contribution in [-0.4, -0.2) is 13.2 Å². The van der Waals surface area contributed by atoms with Crippen LogP contribution in [0, 0.1) is 0 Å². The van der Waals surface area contributed by atoms with Crippen LogP contribution in [0.25, 0.3) is 0 Å². The molecule has 2 N–H and O–H groups in total. The molecule has 3 nitrogen and oxygen atoms in total. The molecular weight excluding hydrogens is 166 g/mol. The Hall–Kier alpha value is -0.800. The average molecular weight is 183 g/mol. The predicted molar refractivity (Wildman–Crippen MR) is 51.3 cm³/mol. The zero-order valence-corrected chi connectivity index (χ0v) is 8.19. The highest BCUT2D eigenvalue weighted by atomic mass is 16.5. The molecule has 1 rings (SSSR count). The Morgan fingerprint density at radius 3 is 2.85 bits per heavy atom. The van der Waals surface area contributed by atoms with E-state index in [0.29, 0.717) is 0 Å². The van der Waals surface area contributed by atoms with E-state index in [4.69, 9.17) is 14.9 Å². The van der Waals surface area contributed by atoms with Gasteiger partial charge in [0.05, 0.1) is 18.6 Å². The highest BCUT2D eigenvalue weighted by Crippen LogP contribution is 2.17. The molecule has 0 radical (unpaired) electrons. The minimum Gasteiger partial charge on any atom is -0.472 e. The van der Waals surface area contributed by atoms with Crippen LogP contribution < -0.4 is 5.73 Å². The molecule has 0 aliphatic heterocycles. The van der Waals surface area contributed by atoms with Gasteiger partial charge in [-0.05, 0) is 25.8 Å². The summed E-state index contributed by atoms with van der Waals surface area (Å²) in [7, 11) is 1.72. The summed E-state index contributed by atoms with van der Waals surface area (Å²) in [5, 5.41) is 0. The first-order chi connectivity index (χ1) is 6.24. The second-order valence-corrected chi connectivity index (χ2v) is 3.29. The Labute approximate surface area is 78.9 Å². The van der Waals surface area contributed by atoms with Crippen molar-refractivity contribution in [2.45, 2.75) is 31.9 Å². The van der Waals surface area contributed by atoms with Crippen molar-refractivity contribution < 1.29 is 9.15 Å². The number of rotatable bonds is 5. The van der Waals surface area contributed by atoms with Gasteiger partial charge in [0.1, 0.15) is 0 Å². The van der Waals surface area contributed by atoms with Gasteiger partial charge in [0.2, 0.25) is 0 Å². The standard InChI is InChI=1S/C10H17NO2/c1-8(12-2)3-4-10(11)9-5-6-13-7-9/h5-8,10H,3-4,11H2,1-2H3. The Kier molecular flexibility index (Phi) is 3.99. The third-order valence-electron chi connectivity index (χ3n) is 2.26. The average Bonchev–Trinajstić information content (AvgIpc) is 2.66. The van der Waals surface area contributed by atoms with Crippen molar-refractivity contribution in [3.8, 4) is 0 Å². The van der Waals surface area contributed by atoms with Gasteiger partial charge in [-0.15, -0.1) is 0 Å². The van der Waals surface area contributed by atoms with Gasteiger partial charge in [-0.25, -0.2) is 0 Å². The maximum absolute atomic E-state index is 5.93. The molecule has 2 unspecified atom stereocenters. The van der Waals surface area contributed by atoms with Gasteiger partial charge in [0, 0.05) is 18.7 Å². The molecule has 74 valence electrons. The molecule has 0 spiro atoms. The zero-order chi connectivity index (χ0) is 9.68. The molecular formula is C10H17NO2. The molecule has 3 heteroatoms. The van der Waals surface area contributed by atoms with E-state index >= 15 is 0 Å². The van der Waals surface area contributed by atoms with Crippen molar-refractivity contribution in [2.24, 2.45) is 5.73 Å². The molecule has 0 bridgehead atoms. The Morgan fingerprint density at radius 2 is 2.31 bits per heavy atom. The Balaban J connectivity index is 2.30. The van der Waals surface area contributed by atoms with Crippen LogP contribution in [0.2, 0.25) is 0 Å². The smallest absolute Gasteiger partial charge is 0.0950 e. The van der Waals surface area contributed by atoms with Crippen LogP contribution in [0.3, 0.4) is 0 Å². The lowest BCUT2D eigenvalue weighted by atomic mass is 10.0. The van der Waals surface area contributed by atoms with E-state index in [2.05, 4.69) is 0 Å². The second-order valence-electron chi connectivity index (χ2n) is 3.29. The van der Waals surface area contributed by atoms with Crippen molar-refractivity contribution in [2.75, 3.05) is 7.11 Å². The SMILES string of the molecule is COC(C)CCC(N)c1ccoc1. The van der Waals surface area contributed by atoms with Gasteiger partial charge in [-0.3, -0.25) is 0 Å². The van der Waals surface area contributed by atoms with Gasteiger partial charge < -0.3 is 14.9 Å². The minimum atomic E-state index is 0.0661. The summed E-state index contributed by atoms with van der Waals surface area (Å²) in [4.78, 5) is 0. The fourth-order valence-electron chi connectivity index (χ4n) is 1.18. The molecule has 1 aromatic rings. The van der Waals surface area contributed by atoms with Gasteiger partial charge in [-0.2, -0.15) is 0 Å². The van der Waals surface area contributed by atoms with Gasteiger partial charge in [0.25, 0.3) is 0 Å². The van der Waals surface area contributed by atoms with E-state index < -0.39 is 0 Å². The lowest BCUT2D eigenvalue weighted by Crippen LogP contribution is -2.13. The Morgan fingerprint density at radius 1 is 1.54 bits per heavy atom. The third-order valence-corrected chi connectivity index (χ3v) is 2.26. The van der Waals surface area contributed by atoms with Crippen molar-refractivity contribution in [3.05, 3.63) is 24.2 Å². The van der Waals surface area contributed by atoms with E-state index in [9.17, 15) is 0 Å². The first-order valence-corrected chi connectivity index (χ1v) is 4.54. The summed E-state index contributed by atoms with van der Waals surface area (Å²) in [5.74, 6) is 0. The molecule has 0 fully saturated rings. The topological polar surface area (TPSA) is 48.4 Å². The molecule has 0 saturated carbocycles. The van der Waals surface area contributed by atoms with Crippen LogP contribution in [0.1, 0.15) is 31.4 Å². The van der Waals surface area contributed by atoms with Crippen LogP contribution in [-0.2, 0) is 4.74 Å². The van der Waals surface area contributed by atoms with E-state index in [-0.39, 0.29) is 12.1 Å². The quantitative estimate of drug-likeness (QED) is 0.760.